The Morgan fingerprint density at radius 2 is 2.26 bits per heavy atom. The average Bonchev–Trinajstić information content (AvgIpc) is 2.38. The second-order valence-corrected chi connectivity index (χ2v) is 5.50. The van der Waals surface area contributed by atoms with E-state index in [1.54, 1.807) is 6.07 Å². The first kappa shape index (κ1) is 14.3. The van der Waals surface area contributed by atoms with Crippen molar-refractivity contribution in [1.82, 2.24) is 4.98 Å². The summed E-state index contributed by atoms with van der Waals surface area (Å²) < 4.78 is 40.4. The molecule has 2 rings (SSSR count). The van der Waals surface area contributed by atoms with Crippen LogP contribution in [-0.4, -0.2) is 35.3 Å². The van der Waals surface area contributed by atoms with Gasteiger partial charge in [0.15, 0.2) is 6.61 Å². The summed E-state index contributed by atoms with van der Waals surface area (Å²) in [6.07, 6.45) is -0.537. The Bertz CT molecular complexity index is 391. The van der Waals surface area contributed by atoms with Crippen molar-refractivity contribution in [2.45, 2.75) is 25.1 Å². The number of anilines is 1. The highest BCUT2D eigenvalue weighted by Gasteiger charge is 2.28. The van der Waals surface area contributed by atoms with Crippen molar-refractivity contribution >= 4 is 17.4 Å². The molecule has 1 N–H and O–H groups in total. The summed E-state index contributed by atoms with van der Waals surface area (Å²) in [7, 11) is 0. The maximum absolute atomic E-state index is 12.0. The van der Waals surface area contributed by atoms with Crippen LogP contribution in [0.3, 0.4) is 0 Å². The monoisotopic (exact) mass is 292 g/mol. The van der Waals surface area contributed by atoms with Crippen molar-refractivity contribution in [3.8, 4) is 5.88 Å². The third kappa shape index (κ3) is 5.18. The van der Waals surface area contributed by atoms with Crippen LogP contribution in [0.5, 0.6) is 5.88 Å². The molecule has 1 aromatic heterocycles. The lowest BCUT2D eigenvalue weighted by Crippen LogP contribution is -2.25. The number of aromatic nitrogens is 1. The Labute approximate surface area is 113 Å². The van der Waals surface area contributed by atoms with Gasteiger partial charge in [-0.3, -0.25) is 0 Å². The van der Waals surface area contributed by atoms with E-state index in [9.17, 15) is 13.2 Å². The maximum atomic E-state index is 12.0. The molecule has 0 amide bonds. The fraction of sp³-hybridized carbons (Fsp3) is 0.583. The largest absolute Gasteiger partial charge is 0.468 e. The van der Waals surface area contributed by atoms with Gasteiger partial charge in [-0.25, -0.2) is 4.98 Å². The van der Waals surface area contributed by atoms with Gasteiger partial charge in [0.05, 0.1) is 11.9 Å². The van der Waals surface area contributed by atoms with Gasteiger partial charge in [0.1, 0.15) is 0 Å². The van der Waals surface area contributed by atoms with E-state index < -0.39 is 12.8 Å². The van der Waals surface area contributed by atoms with E-state index >= 15 is 0 Å². The first-order valence-electron chi connectivity index (χ1n) is 6.03. The van der Waals surface area contributed by atoms with Crippen LogP contribution in [0.15, 0.2) is 18.3 Å². The molecule has 2 heterocycles. The van der Waals surface area contributed by atoms with Gasteiger partial charge >= 0.3 is 6.18 Å². The lowest BCUT2D eigenvalue weighted by atomic mass is 10.2. The molecule has 0 spiro atoms. The molecule has 0 bridgehead atoms. The van der Waals surface area contributed by atoms with Gasteiger partial charge in [-0.1, -0.05) is 0 Å². The Hall–Kier alpha value is -1.11. The van der Waals surface area contributed by atoms with Crippen LogP contribution in [0.4, 0.5) is 18.9 Å². The molecule has 1 aliphatic heterocycles. The summed E-state index contributed by atoms with van der Waals surface area (Å²) in [4.78, 5) is 3.86. The van der Waals surface area contributed by atoms with E-state index in [0.717, 1.165) is 17.9 Å². The lowest BCUT2D eigenvalue weighted by Gasteiger charge is -2.23. The molecule has 1 saturated heterocycles. The molecule has 19 heavy (non-hydrogen) atoms. The molecule has 0 saturated carbocycles. The number of alkyl halides is 3. The maximum Gasteiger partial charge on any atom is 0.422 e. The summed E-state index contributed by atoms with van der Waals surface area (Å²) in [6.45, 7) is -1.31. The quantitative estimate of drug-likeness (QED) is 0.923. The summed E-state index contributed by atoms with van der Waals surface area (Å²) in [6, 6.07) is 3.55. The topological polar surface area (TPSA) is 34.1 Å². The zero-order chi connectivity index (χ0) is 13.7. The highest BCUT2D eigenvalue weighted by molar-refractivity contribution is 7.99. The molecule has 3 nitrogen and oxygen atoms in total. The van der Waals surface area contributed by atoms with E-state index in [-0.39, 0.29) is 5.88 Å². The highest BCUT2D eigenvalue weighted by atomic mass is 32.2. The molecule has 7 heteroatoms. The van der Waals surface area contributed by atoms with Crippen LogP contribution < -0.4 is 10.1 Å². The molecular weight excluding hydrogens is 277 g/mol. The predicted octanol–water partition coefficient (Wildman–Crippen LogP) is 3.33. The summed E-state index contributed by atoms with van der Waals surface area (Å²) in [5.41, 5.74) is 0.812. The van der Waals surface area contributed by atoms with Gasteiger partial charge < -0.3 is 10.1 Å². The fourth-order valence-corrected chi connectivity index (χ4v) is 2.87. The van der Waals surface area contributed by atoms with Crippen LogP contribution in [0.25, 0.3) is 0 Å². The van der Waals surface area contributed by atoms with Crippen LogP contribution in [0.1, 0.15) is 12.8 Å². The summed E-state index contributed by atoms with van der Waals surface area (Å²) in [5.74, 6) is 2.23. The number of ether oxygens (including phenoxy) is 1. The van der Waals surface area contributed by atoms with E-state index in [1.165, 1.54) is 24.4 Å². The predicted molar refractivity (Wildman–Crippen MR) is 69.8 cm³/mol. The second kappa shape index (κ2) is 6.36. The van der Waals surface area contributed by atoms with Crippen molar-refractivity contribution < 1.29 is 17.9 Å². The number of halogens is 3. The van der Waals surface area contributed by atoms with E-state index in [0.29, 0.717) is 6.04 Å². The minimum absolute atomic E-state index is 0.0131. The standard InChI is InChI=1S/C12H15F3N2OS/c13-12(14,15)8-18-11-4-3-9(6-16-11)17-10-2-1-5-19-7-10/h3-4,6,10,17H,1-2,5,7-8H2. The Balaban J connectivity index is 1.83. The zero-order valence-corrected chi connectivity index (χ0v) is 11.1. The van der Waals surface area contributed by atoms with Crippen LogP contribution in [0.2, 0.25) is 0 Å². The fourth-order valence-electron chi connectivity index (χ4n) is 1.80. The van der Waals surface area contributed by atoms with Gasteiger partial charge in [-0.15, -0.1) is 0 Å². The first-order valence-corrected chi connectivity index (χ1v) is 7.18. The third-order valence-corrected chi connectivity index (χ3v) is 3.87. The number of pyridine rings is 1. The first-order chi connectivity index (χ1) is 9.03. The SMILES string of the molecule is FC(F)(F)COc1ccc(NC2CCCSC2)cn1. The van der Waals surface area contributed by atoms with Crippen molar-refractivity contribution in [3.05, 3.63) is 18.3 Å². The van der Waals surface area contributed by atoms with Gasteiger partial charge in [-0.2, -0.15) is 24.9 Å². The van der Waals surface area contributed by atoms with E-state index in [4.69, 9.17) is 0 Å². The number of nitrogens with zero attached hydrogens (tertiary/aromatic N) is 1. The minimum Gasteiger partial charge on any atom is -0.468 e. The lowest BCUT2D eigenvalue weighted by molar-refractivity contribution is -0.154. The van der Waals surface area contributed by atoms with Crippen LogP contribution in [-0.2, 0) is 0 Å². The molecule has 1 aromatic rings. The number of hydrogen-bond acceptors (Lipinski definition) is 4. The van der Waals surface area contributed by atoms with Crippen molar-refractivity contribution in [3.63, 3.8) is 0 Å². The molecule has 0 radical (unpaired) electrons. The van der Waals surface area contributed by atoms with Crippen LogP contribution in [0, 0.1) is 0 Å². The number of nitrogens with one attached hydrogen (secondary N) is 1. The smallest absolute Gasteiger partial charge is 0.422 e. The number of thioether (sulfide) groups is 1. The van der Waals surface area contributed by atoms with Gasteiger partial charge in [-0.05, 0) is 24.7 Å². The normalized spacial score (nSPS) is 20.1. The Morgan fingerprint density at radius 3 is 2.84 bits per heavy atom. The molecule has 0 aromatic carbocycles. The molecule has 0 aliphatic carbocycles. The molecular formula is C12H15F3N2OS. The average molecular weight is 292 g/mol. The molecule has 106 valence electrons. The molecule has 1 aliphatic rings. The van der Waals surface area contributed by atoms with Gasteiger partial charge in [0.25, 0.3) is 0 Å². The summed E-state index contributed by atoms with van der Waals surface area (Å²) in [5, 5.41) is 3.32. The second-order valence-electron chi connectivity index (χ2n) is 4.35. The number of hydrogen-bond donors (Lipinski definition) is 1. The Kier molecular flexibility index (Phi) is 4.79. The van der Waals surface area contributed by atoms with Crippen molar-refractivity contribution in [2.75, 3.05) is 23.4 Å². The van der Waals surface area contributed by atoms with Gasteiger partial charge in [0, 0.05) is 17.9 Å². The summed E-state index contributed by atoms with van der Waals surface area (Å²) >= 11 is 1.90. The molecule has 1 atom stereocenters. The molecule has 1 fully saturated rings. The minimum atomic E-state index is -4.34. The zero-order valence-electron chi connectivity index (χ0n) is 10.2. The highest BCUT2D eigenvalue weighted by Crippen LogP contribution is 2.22. The number of rotatable bonds is 4. The van der Waals surface area contributed by atoms with Crippen molar-refractivity contribution in [2.24, 2.45) is 0 Å². The van der Waals surface area contributed by atoms with Gasteiger partial charge in [0.2, 0.25) is 5.88 Å². The third-order valence-electron chi connectivity index (χ3n) is 2.65. The van der Waals surface area contributed by atoms with E-state index in [1.807, 2.05) is 11.8 Å². The van der Waals surface area contributed by atoms with Crippen molar-refractivity contribution in [1.29, 1.82) is 0 Å². The van der Waals surface area contributed by atoms with E-state index in [2.05, 4.69) is 15.0 Å². The Morgan fingerprint density at radius 1 is 1.42 bits per heavy atom. The molecule has 1 unspecified atom stereocenters. The van der Waals surface area contributed by atoms with Crippen LogP contribution >= 0.6 is 11.8 Å².